The first-order chi connectivity index (χ1) is 13.5. The van der Waals surface area contributed by atoms with E-state index in [1.165, 1.54) is 4.90 Å². The molecule has 0 saturated heterocycles. The van der Waals surface area contributed by atoms with E-state index in [1.807, 2.05) is 48.5 Å². The SMILES string of the molecule is COc1ccc(CCC(=O)OCC(=O)N(C)Cc2nc3ccccc3s2)cc1. The molecule has 6 nitrogen and oxygen atoms in total. The van der Waals surface area contributed by atoms with E-state index in [0.717, 1.165) is 26.5 Å². The third-order valence-electron chi connectivity index (χ3n) is 4.27. The number of hydrogen-bond acceptors (Lipinski definition) is 6. The largest absolute Gasteiger partial charge is 0.497 e. The summed E-state index contributed by atoms with van der Waals surface area (Å²) in [5, 5.41) is 0.850. The summed E-state index contributed by atoms with van der Waals surface area (Å²) in [5.74, 6) is 0.127. The molecule has 1 amide bonds. The quantitative estimate of drug-likeness (QED) is 0.544. The molecule has 3 rings (SSSR count). The van der Waals surface area contributed by atoms with Crippen LogP contribution in [0.1, 0.15) is 17.0 Å². The van der Waals surface area contributed by atoms with Crippen molar-refractivity contribution in [3.8, 4) is 5.75 Å². The van der Waals surface area contributed by atoms with Crippen LogP contribution in [0.25, 0.3) is 10.2 Å². The van der Waals surface area contributed by atoms with Gasteiger partial charge >= 0.3 is 5.97 Å². The van der Waals surface area contributed by atoms with Crippen LogP contribution in [0.2, 0.25) is 0 Å². The summed E-state index contributed by atoms with van der Waals surface area (Å²) < 4.78 is 11.3. The molecule has 0 N–H and O–H groups in total. The Bertz CT molecular complexity index is 919. The second-order valence-electron chi connectivity index (χ2n) is 6.33. The van der Waals surface area contributed by atoms with Crippen molar-refractivity contribution < 1.29 is 19.1 Å². The number of methoxy groups -OCH3 is 1. The summed E-state index contributed by atoms with van der Waals surface area (Å²) in [6.07, 6.45) is 0.778. The lowest BCUT2D eigenvalue weighted by molar-refractivity contribution is -0.151. The highest BCUT2D eigenvalue weighted by Gasteiger charge is 2.14. The van der Waals surface area contributed by atoms with Gasteiger partial charge in [-0.25, -0.2) is 4.98 Å². The van der Waals surface area contributed by atoms with Crippen molar-refractivity contribution in [3.63, 3.8) is 0 Å². The minimum absolute atomic E-state index is 0.223. The summed E-state index contributed by atoms with van der Waals surface area (Å²) in [5.41, 5.74) is 1.94. The number of thiazole rings is 1. The lowest BCUT2D eigenvalue weighted by Crippen LogP contribution is -2.30. The fourth-order valence-corrected chi connectivity index (χ4v) is 3.66. The first-order valence-electron chi connectivity index (χ1n) is 8.92. The molecule has 2 aromatic carbocycles. The zero-order chi connectivity index (χ0) is 19.9. The minimum atomic E-state index is -0.391. The van der Waals surface area contributed by atoms with E-state index in [2.05, 4.69) is 4.98 Å². The lowest BCUT2D eigenvalue weighted by Gasteiger charge is -2.15. The molecule has 0 spiro atoms. The summed E-state index contributed by atoms with van der Waals surface area (Å²) in [6.45, 7) is 0.129. The van der Waals surface area contributed by atoms with Gasteiger partial charge in [0.15, 0.2) is 6.61 Å². The Kier molecular flexibility index (Phi) is 6.60. The van der Waals surface area contributed by atoms with E-state index in [1.54, 1.807) is 25.5 Å². The molecule has 146 valence electrons. The molecular weight excluding hydrogens is 376 g/mol. The van der Waals surface area contributed by atoms with Crippen LogP contribution in [-0.2, 0) is 27.3 Å². The zero-order valence-electron chi connectivity index (χ0n) is 15.9. The first-order valence-corrected chi connectivity index (χ1v) is 9.74. The van der Waals surface area contributed by atoms with Gasteiger partial charge in [0.25, 0.3) is 5.91 Å². The normalized spacial score (nSPS) is 10.6. The van der Waals surface area contributed by atoms with Crippen molar-refractivity contribution in [1.29, 1.82) is 0 Å². The summed E-state index contributed by atoms with van der Waals surface area (Å²) in [6, 6.07) is 15.4. The Hall–Kier alpha value is -2.93. The Balaban J connectivity index is 1.42. The second kappa shape index (κ2) is 9.32. The van der Waals surface area contributed by atoms with Gasteiger partial charge < -0.3 is 14.4 Å². The molecular formula is C21H22N2O4S. The second-order valence-corrected chi connectivity index (χ2v) is 7.45. The third kappa shape index (κ3) is 5.29. The number of aromatic nitrogens is 1. The number of esters is 1. The van der Waals surface area contributed by atoms with Gasteiger partial charge in [0.1, 0.15) is 10.8 Å². The van der Waals surface area contributed by atoms with Crippen molar-refractivity contribution in [2.24, 2.45) is 0 Å². The summed E-state index contributed by atoms with van der Waals surface area (Å²) in [4.78, 5) is 30.2. The van der Waals surface area contributed by atoms with E-state index >= 15 is 0 Å². The number of carbonyl (C=O) groups excluding carboxylic acids is 2. The molecule has 3 aromatic rings. The number of fused-ring (bicyclic) bond motifs is 1. The standard InChI is InChI=1S/C21H22N2O4S/c1-23(13-19-22-17-5-3-4-6-18(17)28-19)20(24)14-27-21(25)12-9-15-7-10-16(26-2)11-8-15/h3-8,10-11H,9,12-14H2,1-2H3. The predicted octanol–water partition coefficient (Wildman–Crippen LogP) is 3.44. The van der Waals surface area contributed by atoms with E-state index in [0.29, 0.717) is 13.0 Å². The molecule has 0 fully saturated rings. The van der Waals surface area contributed by atoms with Crippen molar-refractivity contribution >= 4 is 33.4 Å². The number of hydrogen-bond donors (Lipinski definition) is 0. The molecule has 0 aliphatic carbocycles. The number of benzene rings is 2. The number of aryl methyl sites for hydroxylation is 1. The van der Waals surface area contributed by atoms with Crippen LogP contribution in [0.3, 0.4) is 0 Å². The van der Waals surface area contributed by atoms with Crippen molar-refractivity contribution in [2.45, 2.75) is 19.4 Å². The van der Waals surface area contributed by atoms with Gasteiger partial charge in [0, 0.05) is 13.5 Å². The zero-order valence-corrected chi connectivity index (χ0v) is 16.7. The maximum absolute atomic E-state index is 12.2. The molecule has 0 unspecified atom stereocenters. The van der Waals surface area contributed by atoms with Gasteiger partial charge in [-0.05, 0) is 36.2 Å². The molecule has 1 aromatic heterocycles. The number of para-hydroxylation sites is 1. The first kappa shape index (κ1) is 19.8. The number of nitrogens with zero attached hydrogens (tertiary/aromatic N) is 2. The predicted molar refractivity (Wildman–Crippen MR) is 108 cm³/mol. The molecule has 0 aliphatic rings. The van der Waals surface area contributed by atoms with Crippen LogP contribution in [0, 0.1) is 0 Å². The van der Waals surface area contributed by atoms with Crippen LogP contribution >= 0.6 is 11.3 Å². The summed E-state index contributed by atoms with van der Waals surface area (Å²) >= 11 is 1.55. The molecule has 7 heteroatoms. The molecule has 0 radical (unpaired) electrons. The molecule has 0 saturated carbocycles. The highest BCUT2D eigenvalue weighted by molar-refractivity contribution is 7.18. The number of amides is 1. The molecule has 1 heterocycles. The summed E-state index contributed by atoms with van der Waals surface area (Å²) in [7, 11) is 3.29. The average Bonchev–Trinajstić information content (AvgIpc) is 3.13. The van der Waals surface area contributed by atoms with Crippen LogP contribution in [-0.4, -0.2) is 42.5 Å². The van der Waals surface area contributed by atoms with Crippen molar-refractivity contribution in [1.82, 2.24) is 9.88 Å². The van der Waals surface area contributed by atoms with Crippen molar-refractivity contribution in [3.05, 3.63) is 59.1 Å². The smallest absolute Gasteiger partial charge is 0.306 e. The third-order valence-corrected chi connectivity index (χ3v) is 5.29. The Morgan fingerprint density at radius 2 is 1.86 bits per heavy atom. The van der Waals surface area contributed by atoms with E-state index in [4.69, 9.17) is 9.47 Å². The number of carbonyl (C=O) groups is 2. The molecule has 0 bridgehead atoms. The topological polar surface area (TPSA) is 68.7 Å². The number of ether oxygens (including phenoxy) is 2. The van der Waals surface area contributed by atoms with Crippen LogP contribution in [0.4, 0.5) is 0 Å². The molecule has 0 atom stereocenters. The number of rotatable bonds is 8. The number of likely N-dealkylation sites (N-methyl/N-ethyl adjacent to an activating group) is 1. The minimum Gasteiger partial charge on any atom is -0.497 e. The van der Waals surface area contributed by atoms with Crippen molar-refractivity contribution in [2.75, 3.05) is 20.8 Å². The van der Waals surface area contributed by atoms with E-state index in [9.17, 15) is 9.59 Å². The Labute approximate surface area is 167 Å². The van der Waals surface area contributed by atoms with Gasteiger partial charge in [-0.3, -0.25) is 9.59 Å². The van der Waals surface area contributed by atoms with Crippen LogP contribution in [0.5, 0.6) is 5.75 Å². The van der Waals surface area contributed by atoms with Crippen LogP contribution < -0.4 is 4.74 Å². The van der Waals surface area contributed by atoms with Gasteiger partial charge in [-0.1, -0.05) is 24.3 Å². The fourth-order valence-electron chi connectivity index (χ4n) is 2.64. The van der Waals surface area contributed by atoms with Gasteiger partial charge in [0.2, 0.25) is 0 Å². The van der Waals surface area contributed by atoms with Crippen LogP contribution in [0.15, 0.2) is 48.5 Å². The maximum Gasteiger partial charge on any atom is 0.306 e. The molecule has 28 heavy (non-hydrogen) atoms. The molecule has 0 aliphatic heterocycles. The maximum atomic E-state index is 12.2. The Morgan fingerprint density at radius 3 is 2.57 bits per heavy atom. The monoisotopic (exact) mass is 398 g/mol. The highest BCUT2D eigenvalue weighted by Crippen LogP contribution is 2.22. The van der Waals surface area contributed by atoms with E-state index < -0.39 is 5.97 Å². The van der Waals surface area contributed by atoms with Gasteiger partial charge in [0.05, 0.1) is 23.9 Å². The average molecular weight is 398 g/mol. The lowest BCUT2D eigenvalue weighted by atomic mass is 10.1. The fraction of sp³-hybridized carbons (Fsp3) is 0.286. The van der Waals surface area contributed by atoms with E-state index in [-0.39, 0.29) is 18.9 Å². The van der Waals surface area contributed by atoms with Gasteiger partial charge in [-0.15, -0.1) is 11.3 Å². The highest BCUT2D eigenvalue weighted by atomic mass is 32.1. The van der Waals surface area contributed by atoms with Gasteiger partial charge in [-0.2, -0.15) is 0 Å². The Morgan fingerprint density at radius 1 is 1.11 bits per heavy atom.